The number of methoxy groups -OCH3 is 3. The van der Waals surface area contributed by atoms with Crippen molar-refractivity contribution in [1.82, 2.24) is 9.97 Å². The van der Waals surface area contributed by atoms with Crippen LogP contribution in [0.4, 0.5) is 0 Å². The number of aromatic nitrogens is 2. The van der Waals surface area contributed by atoms with E-state index in [0.29, 0.717) is 29.7 Å². The summed E-state index contributed by atoms with van der Waals surface area (Å²) in [6.07, 6.45) is 0. The van der Waals surface area contributed by atoms with E-state index >= 15 is 0 Å². The van der Waals surface area contributed by atoms with Crippen molar-refractivity contribution in [2.45, 2.75) is 6.61 Å². The molecule has 0 aliphatic heterocycles. The summed E-state index contributed by atoms with van der Waals surface area (Å²) in [5.41, 5.74) is 3.64. The number of H-pyrrole nitrogens is 1. The van der Waals surface area contributed by atoms with Crippen LogP contribution >= 0.6 is 0 Å². The third-order valence-electron chi connectivity index (χ3n) is 4.65. The van der Waals surface area contributed by atoms with Gasteiger partial charge in [-0.05, 0) is 29.8 Å². The molecular formula is C23H22N2O4. The zero-order valence-electron chi connectivity index (χ0n) is 16.6. The van der Waals surface area contributed by atoms with Gasteiger partial charge in [0, 0.05) is 11.6 Å². The quantitative estimate of drug-likeness (QED) is 0.489. The van der Waals surface area contributed by atoms with E-state index in [-0.39, 0.29) is 0 Å². The van der Waals surface area contributed by atoms with Gasteiger partial charge in [0.15, 0.2) is 11.5 Å². The number of hydrogen-bond donors (Lipinski definition) is 1. The minimum atomic E-state index is 0.414. The smallest absolute Gasteiger partial charge is 0.203 e. The Balaban J connectivity index is 1.70. The lowest BCUT2D eigenvalue weighted by Crippen LogP contribution is -2.00. The summed E-state index contributed by atoms with van der Waals surface area (Å²) >= 11 is 0. The summed E-state index contributed by atoms with van der Waals surface area (Å²) in [6.45, 7) is 0.414. The van der Waals surface area contributed by atoms with Crippen LogP contribution in [0.25, 0.3) is 22.4 Å². The number of rotatable bonds is 7. The van der Waals surface area contributed by atoms with Gasteiger partial charge in [-0.1, -0.05) is 30.3 Å². The second-order valence-corrected chi connectivity index (χ2v) is 6.45. The standard InChI is InChI=1S/C23H22N2O4/c1-26-17-9-10-18-19(13-17)25-23(24-18)16-11-20(27-2)22(21(12-16)28-3)29-14-15-7-5-4-6-8-15/h4-13H,14H2,1-3H3,(H,24,25). The lowest BCUT2D eigenvalue weighted by atomic mass is 10.1. The van der Waals surface area contributed by atoms with Gasteiger partial charge in [-0.15, -0.1) is 0 Å². The van der Waals surface area contributed by atoms with Crippen molar-refractivity contribution in [1.29, 1.82) is 0 Å². The van der Waals surface area contributed by atoms with E-state index in [1.54, 1.807) is 21.3 Å². The minimum Gasteiger partial charge on any atom is -0.497 e. The normalized spacial score (nSPS) is 10.7. The maximum absolute atomic E-state index is 6.02. The summed E-state index contributed by atoms with van der Waals surface area (Å²) in [5, 5.41) is 0. The molecular weight excluding hydrogens is 368 g/mol. The summed E-state index contributed by atoms with van der Waals surface area (Å²) in [6, 6.07) is 19.4. The lowest BCUT2D eigenvalue weighted by Gasteiger charge is -2.15. The maximum atomic E-state index is 6.02. The number of nitrogens with one attached hydrogen (secondary N) is 1. The van der Waals surface area contributed by atoms with Crippen molar-refractivity contribution < 1.29 is 18.9 Å². The molecule has 6 nitrogen and oxygen atoms in total. The molecule has 6 heteroatoms. The zero-order valence-corrected chi connectivity index (χ0v) is 16.6. The van der Waals surface area contributed by atoms with Gasteiger partial charge in [-0.2, -0.15) is 0 Å². The summed E-state index contributed by atoms with van der Waals surface area (Å²) in [5.74, 6) is 3.19. The van der Waals surface area contributed by atoms with Crippen LogP contribution in [0.15, 0.2) is 60.7 Å². The van der Waals surface area contributed by atoms with E-state index in [9.17, 15) is 0 Å². The molecule has 0 atom stereocenters. The Morgan fingerprint density at radius 3 is 2.21 bits per heavy atom. The molecule has 29 heavy (non-hydrogen) atoms. The Morgan fingerprint density at radius 1 is 0.828 bits per heavy atom. The molecule has 0 saturated carbocycles. The molecule has 148 valence electrons. The molecule has 0 aliphatic rings. The van der Waals surface area contributed by atoms with Gasteiger partial charge >= 0.3 is 0 Å². The number of nitrogens with zero attached hydrogens (tertiary/aromatic N) is 1. The number of benzene rings is 3. The molecule has 3 aromatic carbocycles. The topological polar surface area (TPSA) is 65.6 Å². The summed E-state index contributed by atoms with van der Waals surface area (Å²) in [7, 11) is 4.86. The molecule has 0 amide bonds. The Hall–Kier alpha value is -3.67. The highest BCUT2D eigenvalue weighted by Crippen LogP contribution is 2.41. The van der Waals surface area contributed by atoms with Gasteiger partial charge in [0.05, 0.1) is 32.4 Å². The van der Waals surface area contributed by atoms with Crippen LogP contribution in [0, 0.1) is 0 Å². The first kappa shape index (κ1) is 18.7. The first-order chi connectivity index (χ1) is 14.2. The van der Waals surface area contributed by atoms with E-state index < -0.39 is 0 Å². The fraction of sp³-hybridized carbons (Fsp3) is 0.174. The average molecular weight is 390 g/mol. The maximum Gasteiger partial charge on any atom is 0.203 e. The summed E-state index contributed by atoms with van der Waals surface area (Å²) < 4.78 is 22.5. The monoisotopic (exact) mass is 390 g/mol. The van der Waals surface area contributed by atoms with Crippen LogP contribution in [-0.4, -0.2) is 31.3 Å². The second-order valence-electron chi connectivity index (χ2n) is 6.45. The van der Waals surface area contributed by atoms with E-state index in [1.807, 2.05) is 60.7 Å². The Bertz CT molecular complexity index is 1100. The average Bonchev–Trinajstić information content (AvgIpc) is 3.21. The summed E-state index contributed by atoms with van der Waals surface area (Å²) in [4.78, 5) is 7.99. The van der Waals surface area contributed by atoms with Crippen molar-refractivity contribution in [3.05, 3.63) is 66.2 Å². The second kappa shape index (κ2) is 8.14. The van der Waals surface area contributed by atoms with Crippen LogP contribution in [0.5, 0.6) is 23.0 Å². The van der Waals surface area contributed by atoms with Crippen LogP contribution in [-0.2, 0) is 6.61 Å². The highest BCUT2D eigenvalue weighted by atomic mass is 16.5. The molecule has 0 bridgehead atoms. The largest absolute Gasteiger partial charge is 0.497 e. The predicted molar refractivity (Wildman–Crippen MR) is 112 cm³/mol. The fourth-order valence-electron chi connectivity index (χ4n) is 3.14. The SMILES string of the molecule is COc1ccc2nc(-c3cc(OC)c(OCc4ccccc4)c(OC)c3)[nH]c2c1. The molecule has 4 rings (SSSR count). The van der Waals surface area contributed by atoms with Crippen molar-refractivity contribution >= 4 is 11.0 Å². The molecule has 0 spiro atoms. The third kappa shape index (κ3) is 3.82. The minimum absolute atomic E-state index is 0.414. The highest BCUT2D eigenvalue weighted by Gasteiger charge is 2.17. The van der Waals surface area contributed by atoms with Gasteiger partial charge < -0.3 is 23.9 Å². The van der Waals surface area contributed by atoms with Gasteiger partial charge in [0.1, 0.15) is 18.2 Å². The number of ether oxygens (including phenoxy) is 4. The van der Waals surface area contributed by atoms with Crippen LogP contribution in [0.2, 0.25) is 0 Å². The highest BCUT2D eigenvalue weighted by molar-refractivity contribution is 5.81. The van der Waals surface area contributed by atoms with Gasteiger partial charge in [0.2, 0.25) is 5.75 Å². The Morgan fingerprint density at radius 2 is 1.55 bits per heavy atom. The first-order valence-electron chi connectivity index (χ1n) is 9.18. The van der Waals surface area contributed by atoms with E-state index in [4.69, 9.17) is 18.9 Å². The Labute approximate surface area is 169 Å². The molecule has 0 unspecified atom stereocenters. The third-order valence-corrected chi connectivity index (χ3v) is 4.65. The van der Waals surface area contributed by atoms with Crippen molar-refractivity contribution in [2.24, 2.45) is 0 Å². The molecule has 0 saturated heterocycles. The van der Waals surface area contributed by atoms with Gasteiger partial charge in [-0.3, -0.25) is 0 Å². The van der Waals surface area contributed by atoms with Crippen molar-refractivity contribution in [3.63, 3.8) is 0 Å². The van der Waals surface area contributed by atoms with E-state index in [2.05, 4.69) is 9.97 Å². The van der Waals surface area contributed by atoms with Crippen LogP contribution < -0.4 is 18.9 Å². The molecule has 1 aromatic heterocycles. The number of fused-ring (bicyclic) bond motifs is 1. The first-order valence-corrected chi connectivity index (χ1v) is 9.18. The molecule has 0 aliphatic carbocycles. The molecule has 0 fully saturated rings. The van der Waals surface area contributed by atoms with Crippen molar-refractivity contribution in [3.8, 4) is 34.4 Å². The fourth-order valence-corrected chi connectivity index (χ4v) is 3.14. The van der Waals surface area contributed by atoms with Crippen molar-refractivity contribution in [2.75, 3.05) is 21.3 Å². The van der Waals surface area contributed by atoms with Crippen LogP contribution in [0.3, 0.4) is 0 Å². The molecule has 0 radical (unpaired) electrons. The zero-order chi connectivity index (χ0) is 20.2. The van der Waals surface area contributed by atoms with Crippen LogP contribution in [0.1, 0.15) is 5.56 Å². The van der Waals surface area contributed by atoms with Gasteiger partial charge in [0.25, 0.3) is 0 Å². The van der Waals surface area contributed by atoms with E-state index in [1.165, 1.54) is 0 Å². The van der Waals surface area contributed by atoms with E-state index in [0.717, 1.165) is 27.9 Å². The van der Waals surface area contributed by atoms with Gasteiger partial charge in [-0.25, -0.2) is 4.98 Å². The molecule has 1 N–H and O–H groups in total. The Kier molecular flexibility index (Phi) is 5.24. The number of hydrogen-bond acceptors (Lipinski definition) is 5. The molecule has 4 aromatic rings. The predicted octanol–water partition coefficient (Wildman–Crippen LogP) is 4.83. The lowest BCUT2D eigenvalue weighted by molar-refractivity contribution is 0.266. The molecule has 1 heterocycles. The number of imidazole rings is 1. The number of aromatic amines is 1.